The van der Waals surface area contributed by atoms with Crippen molar-refractivity contribution in [1.29, 1.82) is 0 Å². The van der Waals surface area contributed by atoms with Crippen LogP contribution in [0.3, 0.4) is 0 Å². The molecule has 2 aromatic rings. The van der Waals surface area contributed by atoms with Crippen LogP contribution in [0, 0.1) is 0 Å². The monoisotopic (exact) mass is 318 g/mol. The van der Waals surface area contributed by atoms with Crippen molar-refractivity contribution in [2.45, 2.75) is 6.92 Å². The molecule has 0 spiro atoms. The molecule has 1 aromatic heterocycles. The predicted molar refractivity (Wildman–Crippen MR) is 79.4 cm³/mol. The summed E-state index contributed by atoms with van der Waals surface area (Å²) in [4.78, 5) is 23.6. The summed E-state index contributed by atoms with van der Waals surface area (Å²) in [6, 6.07) is 5.21. The Hall–Kier alpha value is -1.94. The second-order valence-electron chi connectivity index (χ2n) is 3.98. The Labute approximate surface area is 118 Å². The zero-order valence-corrected chi connectivity index (χ0v) is 11.9. The number of carbonyl (C=O) groups is 1. The molecule has 4 heteroatoms. The van der Waals surface area contributed by atoms with Crippen molar-refractivity contribution in [3.05, 3.63) is 62.9 Å². The fraction of sp³-hybridized carbons (Fsp3) is 0.0667. The number of ketones is 1. The molecule has 0 unspecified atom stereocenters. The van der Waals surface area contributed by atoms with Gasteiger partial charge in [0.15, 0.2) is 11.5 Å². The molecule has 1 heterocycles. The molecule has 3 nitrogen and oxygen atoms in total. The van der Waals surface area contributed by atoms with E-state index in [4.69, 9.17) is 4.42 Å². The van der Waals surface area contributed by atoms with Crippen molar-refractivity contribution in [3.63, 3.8) is 0 Å². The normalized spacial score (nSPS) is 11.1. The van der Waals surface area contributed by atoms with Crippen LogP contribution in [0.1, 0.15) is 23.0 Å². The van der Waals surface area contributed by atoms with E-state index in [2.05, 4.69) is 22.5 Å². The average Bonchev–Trinajstić information content (AvgIpc) is 2.40. The van der Waals surface area contributed by atoms with Gasteiger partial charge in [-0.1, -0.05) is 30.9 Å². The molecule has 19 heavy (non-hydrogen) atoms. The second kappa shape index (κ2) is 5.36. The maximum atomic E-state index is 12.2. The minimum Gasteiger partial charge on any atom is -0.452 e. The highest BCUT2D eigenvalue weighted by molar-refractivity contribution is 9.10. The van der Waals surface area contributed by atoms with Gasteiger partial charge in [-0.3, -0.25) is 9.59 Å². The minimum atomic E-state index is -0.290. The van der Waals surface area contributed by atoms with Gasteiger partial charge >= 0.3 is 0 Å². The van der Waals surface area contributed by atoms with E-state index in [1.807, 2.05) is 12.1 Å². The molecule has 0 radical (unpaired) electrons. The number of fused-ring (bicyclic) bond motifs is 1. The predicted octanol–water partition coefficient (Wildman–Crippen LogP) is 3.96. The summed E-state index contributed by atoms with van der Waals surface area (Å²) in [6.07, 6.45) is 5.27. The number of hydrogen-bond acceptors (Lipinski definition) is 3. The van der Waals surface area contributed by atoms with Gasteiger partial charge in [-0.15, -0.1) is 0 Å². The largest absolute Gasteiger partial charge is 0.452 e. The fourth-order valence-corrected chi connectivity index (χ4v) is 2.27. The third kappa shape index (κ3) is 2.58. The Bertz CT molecular complexity index is 754. The Morgan fingerprint density at radius 1 is 1.42 bits per heavy atom. The molecular formula is C15H11BrO3. The van der Waals surface area contributed by atoms with Crippen molar-refractivity contribution in [3.8, 4) is 0 Å². The van der Waals surface area contributed by atoms with E-state index in [1.54, 1.807) is 24.3 Å². The summed E-state index contributed by atoms with van der Waals surface area (Å²) < 4.78 is 5.62. The molecule has 0 aliphatic rings. The first-order valence-electron chi connectivity index (χ1n) is 5.61. The van der Waals surface area contributed by atoms with Gasteiger partial charge in [0.05, 0.1) is 5.39 Å². The van der Waals surface area contributed by atoms with E-state index in [9.17, 15) is 9.59 Å². The Morgan fingerprint density at radius 2 is 2.16 bits per heavy atom. The Balaban J connectivity index is 2.75. The van der Waals surface area contributed by atoms with Gasteiger partial charge in [-0.25, -0.2) is 0 Å². The fourth-order valence-electron chi connectivity index (χ4n) is 1.70. The molecule has 0 fully saturated rings. The first-order chi connectivity index (χ1) is 9.04. The molecular weight excluding hydrogens is 308 g/mol. The van der Waals surface area contributed by atoms with Crippen molar-refractivity contribution in [2.75, 3.05) is 0 Å². The van der Waals surface area contributed by atoms with E-state index in [1.165, 1.54) is 6.92 Å². The lowest BCUT2D eigenvalue weighted by Gasteiger charge is -2.03. The van der Waals surface area contributed by atoms with Crippen LogP contribution in [0.15, 0.2) is 50.6 Å². The average molecular weight is 319 g/mol. The molecule has 0 aliphatic carbocycles. The highest BCUT2D eigenvalue weighted by atomic mass is 79.9. The van der Waals surface area contributed by atoms with Crippen LogP contribution in [0.2, 0.25) is 0 Å². The number of carbonyl (C=O) groups excluding carboxylic acids is 1. The lowest BCUT2D eigenvalue weighted by atomic mass is 10.1. The maximum Gasteiger partial charge on any atom is 0.207 e. The highest BCUT2D eigenvalue weighted by Gasteiger charge is 2.15. The molecule has 0 saturated carbocycles. The summed E-state index contributed by atoms with van der Waals surface area (Å²) in [7, 11) is 0. The van der Waals surface area contributed by atoms with Gasteiger partial charge in [-0.2, -0.15) is 0 Å². The van der Waals surface area contributed by atoms with Crippen LogP contribution < -0.4 is 5.43 Å². The van der Waals surface area contributed by atoms with Gasteiger partial charge in [0.25, 0.3) is 0 Å². The zero-order chi connectivity index (χ0) is 14.0. The Kier molecular flexibility index (Phi) is 3.81. The standard InChI is InChI=1S/C15H11BrO3/c1-3-4-5-10-6-7-12-11(8-10)14(18)13(16)15(19-12)9(2)17/h3-8H,1H2,2H3. The number of hydrogen-bond donors (Lipinski definition) is 0. The highest BCUT2D eigenvalue weighted by Crippen LogP contribution is 2.21. The molecule has 0 saturated heterocycles. The third-order valence-electron chi connectivity index (χ3n) is 2.60. The molecule has 0 amide bonds. The molecule has 0 atom stereocenters. The topological polar surface area (TPSA) is 47.3 Å². The third-order valence-corrected chi connectivity index (χ3v) is 3.32. The molecule has 1 aromatic carbocycles. The van der Waals surface area contributed by atoms with Crippen molar-refractivity contribution >= 4 is 38.8 Å². The molecule has 96 valence electrons. The number of rotatable bonds is 3. The quantitative estimate of drug-likeness (QED) is 0.635. The molecule has 0 bridgehead atoms. The summed E-state index contributed by atoms with van der Waals surface area (Å²) in [5.41, 5.74) is 1.01. The molecule has 2 rings (SSSR count). The van der Waals surface area contributed by atoms with E-state index in [0.29, 0.717) is 11.0 Å². The summed E-state index contributed by atoms with van der Waals surface area (Å²) in [6.45, 7) is 4.95. The van der Waals surface area contributed by atoms with Crippen molar-refractivity contribution in [2.24, 2.45) is 0 Å². The van der Waals surface area contributed by atoms with E-state index >= 15 is 0 Å². The van der Waals surface area contributed by atoms with Crippen LogP contribution >= 0.6 is 15.9 Å². The maximum absolute atomic E-state index is 12.2. The summed E-state index contributed by atoms with van der Waals surface area (Å²) in [5, 5.41) is 0.433. The summed E-state index contributed by atoms with van der Waals surface area (Å²) >= 11 is 3.12. The van der Waals surface area contributed by atoms with Gasteiger partial charge < -0.3 is 4.42 Å². The van der Waals surface area contributed by atoms with Gasteiger partial charge in [-0.05, 0) is 33.6 Å². The second-order valence-corrected chi connectivity index (χ2v) is 4.77. The van der Waals surface area contributed by atoms with Gasteiger partial charge in [0.1, 0.15) is 10.1 Å². The van der Waals surface area contributed by atoms with Gasteiger partial charge in [0, 0.05) is 6.92 Å². The zero-order valence-electron chi connectivity index (χ0n) is 10.3. The SMILES string of the molecule is C=CC=Cc1ccc2oc(C(C)=O)c(Br)c(=O)c2c1. The van der Waals surface area contributed by atoms with Gasteiger partial charge in [0.2, 0.25) is 5.43 Å². The summed E-state index contributed by atoms with van der Waals surface area (Å²) in [5.74, 6) is -0.242. The lowest BCUT2D eigenvalue weighted by molar-refractivity contribution is 0.0986. The van der Waals surface area contributed by atoms with Crippen LogP contribution in [0.4, 0.5) is 0 Å². The molecule has 0 N–H and O–H groups in total. The number of halogens is 1. The number of Topliss-reactive ketones (excluding diaryl/α,β-unsaturated/α-hetero) is 1. The van der Waals surface area contributed by atoms with E-state index < -0.39 is 0 Å². The van der Waals surface area contributed by atoms with Crippen LogP contribution in [-0.2, 0) is 0 Å². The van der Waals surface area contributed by atoms with Crippen LogP contribution in [0.25, 0.3) is 17.0 Å². The lowest BCUT2D eigenvalue weighted by Crippen LogP contribution is -2.08. The van der Waals surface area contributed by atoms with Crippen LogP contribution in [-0.4, -0.2) is 5.78 Å². The smallest absolute Gasteiger partial charge is 0.207 e. The van der Waals surface area contributed by atoms with E-state index in [0.717, 1.165) is 5.56 Å². The first kappa shape index (κ1) is 13.5. The van der Waals surface area contributed by atoms with Crippen LogP contribution in [0.5, 0.6) is 0 Å². The van der Waals surface area contributed by atoms with E-state index in [-0.39, 0.29) is 21.4 Å². The van der Waals surface area contributed by atoms with Crippen molar-refractivity contribution < 1.29 is 9.21 Å². The first-order valence-corrected chi connectivity index (χ1v) is 6.40. The molecule has 0 aliphatic heterocycles. The van der Waals surface area contributed by atoms with Crippen molar-refractivity contribution in [1.82, 2.24) is 0 Å². The number of allylic oxidation sites excluding steroid dienone is 2. The number of benzene rings is 1. The minimum absolute atomic E-state index is 0.0480. The Morgan fingerprint density at radius 3 is 2.79 bits per heavy atom.